The lowest BCUT2D eigenvalue weighted by Gasteiger charge is -2.01. The number of aromatic nitrogens is 1. The van der Waals surface area contributed by atoms with E-state index in [-0.39, 0.29) is 5.91 Å². The summed E-state index contributed by atoms with van der Waals surface area (Å²) < 4.78 is 0. The Morgan fingerprint density at radius 2 is 2.10 bits per heavy atom. The lowest BCUT2D eigenvalue weighted by Crippen LogP contribution is -2.25. The van der Waals surface area contributed by atoms with E-state index in [4.69, 9.17) is 5.73 Å². The van der Waals surface area contributed by atoms with Crippen molar-refractivity contribution in [1.29, 1.82) is 0 Å². The third-order valence-corrected chi connectivity index (χ3v) is 3.77. The number of nitrogens with one attached hydrogen (secondary N) is 1. The van der Waals surface area contributed by atoms with E-state index in [9.17, 15) is 4.79 Å². The number of benzene rings is 1. The summed E-state index contributed by atoms with van der Waals surface area (Å²) in [5.41, 5.74) is 8.31. The molecule has 1 amide bonds. The molecule has 106 valence electrons. The predicted molar refractivity (Wildman–Crippen MR) is 83.6 cm³/mol. The highest BCUT2D eigenvalue weighted by Crippen LogP contribution is 2.23. The molecule has 2 rings (SSSR count). The number of hydrogen-bond donors (Lipinski definition) is 2. The zero-order valence-corrected chi connectivity index (χ0v) is 12.4. The number of anilines is 1. The van der Waals surface area contributed by atoms with E-state index in [1.54, 1.807) is 0 Å². The third kappa shape index (κ3) is 4.06. The van der Waals surface area contributed by atoms with Gasteiger partial charge in [0.05, 0.1) is 12.1 Å². The fourth-order valence-electron chi connectivity index (χ4n) is 1.78. The fourth-order valence-corrected chi connectivity index (χ4v) is 2.58. The highest BCUT2D eigenvalue weighted by molar-refractivity contribution is 7.10. The largest absolute Gasteiger partial charge is 0.399 e. The number of hydrogen-bond acceptors (Lipinski definition) is 4. The number of nitrogen functional groups attached to an aromatic ring is 1. The van der Waals surface area contributed by atoms with Crippen molar-refractivity contribution in [3.8, 4) is 11.3 Å². The minimum absolute atomic E-state index is 0.0386. The van der Waals surface area contributed by atoms with E-state index < -0.39 is 0 Å². The van der Waals surface area contributed by atoms with E-state index in [2.05, 4.69) is 17.2 Å². The van der Waals surface area contributed by atoms with Crippen LogP contribution in [0.2, 0.25) is 0 Å². The maximum Gasteiger partial charge on any atom is 0.226 e. The van der Waals surface area contributed by atoms with E-state index in [0.29, 0.717) is 6.42 Å². The molecule has 0 saturated carbocycles. The second-order valence-electron chi connectivity index (χ2n) is 4.63. The molecule has 0 saturated heterocycles. The summed E-state index contributed by atoms with van der Waals surface area (Å²) in [6.07, 6.45) is 2.45. The molecular formula is C15H19N3OS. The van der Waals surface area contributed by atoms with E-state index in [1.165, 1.54) is 11.3 Å². The molecule has 1 aromatic heterocycles. The highest BCUT2D eigenvalue weighted by atomic mass is 32.1. The Hall–Kier alpha value is -1.88. The van der Waals surface area contributed by atoms with Gasteiger partial charge in [0.15, 0.2) is 0 Å². The van der Waals surface area contributed by atoms with Crippen LogP contribution < -0.4 is 11.1 Å². The van der Waals surface area contributed by atoms with Crippen molar-refractivity contribution in [1.82, 2.24) is 10.3 Å². The lowest BCUT2D eigenvalue weighted by atomic mass is 10.1. The number of nitrogens with zero attached hydrogens (tertiary/aromatic N) is 1. The van der Waals surface area contributed by atoms with Gasteiger partial charge in [-0.3, -0.25) is 4.79 Å². The number of thiazole rings is 1. The number of carbonyl (C=O) groups is 1. The van der Waals surface area contributed by atoms with Crippen LogP contribution in [0.25, 0.3) is 11.3 Å². The minimum atomic E-state index is 0.0386. The number of rotatable bonds is 6. The Kier molecular flexibility index (Phi) is 5.12. The molecule has 0 unspecified atom stereocenters. The first-order chi connectivity index (χ1) is 9.69. The van der Waals surface area contributed by atoms with Crippen molar-refractivity contribution >= 4 is 22.9 Å². The van der Waals surface area contributed by atoms with Crippen LogP contribution in [0, 0.1) is 0 Å². The zero-order valence-electron chi connectivity index (χ0n) is 11.6. The third-order valence-electron chi connectivity index (χ3n) is 2.92. The van der Waals surface area contributed by atoms with Crippen molar-refractivity contribution in [3.05, 3.63) is 34.7 Å². The maximum absolute atomic E-state index is 11.7. The lowest BCUT2D eigenvalue weighted by molar-refractivity contribution is -0.120. The van der Waals surface area contributed by atoms with Gasteiger partial charge in [-0.1, -0.05) is 25.5 Å². The second kappa shape index (κ2) is 7.05. The number of unbranched alkanes of at least 4 members (excludes halogenated alkanes) is 1. The van der Waals surface area contributed by atoms with Gasteiger partial charge in [0, 0.05) is 23.2 Å². The molecule has 0 fully saturated rings. The first-order valence-corrected chi connectivity index (χ1v) is 7.64. The van der Waals surface area contributed by atoms with Gasteiger partial charge in [-0.25, -0.2) is 4.98 Å². The molecule has 3 N–H and O–H groups in total. The van der Waals surface area contributed by atoms with Crippen LogP contribution in [0.5, 0.6) is 0 Å². The highest BCUT2D eigenvalue weighted by Gasteiger charge is 2.08. The van der Waals surface area contributed by atoms with Crippen LogP contribution in [0.1, 0.15) is 24.8 Å². The van der Waals surface area contributed by atoms with Crippen LogP contribution in [0.15, 0.2) is 29.6 Å². The molecule has 0 bridgehead atoms. The summed E-state index contributed by atoms with van der Waals surface area (Å²) >= 11 is 1.51. The van der Waals surface area contributed by atoms with E-state index in [0.717, 1.165) is 41.3 Å². The Bertz CT molecular complexity index is 563. The number of amides is 1. The van der Waals surface area contributed by atoms with Crippen LogP contribution in [-0.4, -0.2) is 17.4 Å². The van der Waals surface area contributed by atoms with Crippen LogP contribution in [0.3, 0.4) is 0 Å². The summed E-state index contributed by atoms with van der Waals surface area (Å²) in [4.78, 5) is 16.2. The zero-order chi connectivity index (χ0) is 14.4. The molecule has 20 heavy (non-hydrogen) atoms. The van der Waals surface area contributed by atoms with Crippen LogP contribution >= 0.6 is 11.3 Å². The molecule has 0 aliphatic heterocycles. The normalized spacial score (nSPS) is 10.4. The molecule has 4 nitrogen and oxygen atoms in total. The molecule has 2 aromatic rings. The minimum Gasteiger partial charge on any atom is -0.399 e. The van der Waals surface area contributed by atoms with E-state index in [1.807, 2.05) is 29.6 Å². The monoisotopic (exact) mass is 289 g/mol. The average molecular weight is 289 g/mol. The summed E-state index contributed by atoms with van der Waals surface area (Å²) in [7, 11) is 0. The first kappa shape index (κ1) is 14.5. The Morgan fingerprint density at radius 1 is 1.35 bits per heavy atom. The van der Waals surface area contributed by atoms with Gasteiger partial charge >= 0.3 is 0 Å². The van der Waals surface area contributed by atoms with Crippen molar-refractivity contribution in [2.75, 3.05) is 12.3 Å². The van der Waals surface area contributed by atoms with Crippen molar-refractivity contribution in [3.63, 3.8) is 0 Å². The van der Waals surface area contributed by atoms with Gasteiger partial charge in [0.1, 0.15) is 5.01 Å². The van der Waals surface area contributed by atoms with Gasteiger partial charge in [-0.15, -0.1) is 11.3 Å². The topological polar surface area (TPSA) is 68.0 Å². The van der Waals surface area contributed by atoms with Gasteiger partial charge in [-0.2, -0.15) is 0 Å². The van der Waals surface area contributed by atoms with Gasteiger partial charge in [0.2, 0.25) is 5.91 Å². The van der Waals surface area contributed by atoms with Crippen molar-refractivity contribution in [2.45, 2.75) is 26.2 Å². The van der Waals surface area contributed by atoms with Gasteiger partial charge in [0.25, 0.3) is 0 Å². The van der Waals surface area contributed by atoms with Crippen molar-refractivity contribution in [2.24, 2.45) is 0 Å². The molecule has 0 spiro atoms. The standard InChI is InChI=1S/C15H19N3OS/c1-2-3-8-17-14(19)9-15-18-13(10-20-15)11-4-6-12(16)7-5-11/h4-7,10H,2-3,8-9,16H2,1H3,(H,17,19). The Morgan fingerprint density at radius 3 is 2.80 bits per heavy atom. The number of carbonyl (C=O) groups excluding carboxylic acids is 1. The van der Waals surface area contributed by atoms with Gasteiger partial charge < -0.3 is 11.1 Å². The molecule has 1 aromatic carbocycles. The van der Waals surface area contributed by atoms with Crippen molar-refractivity contribution < 1.29 is 4.79 Å². The summed E-state index contributed by atoms with van der Waals surface area (Å²) in [5.74, 6) is 0.0386. The molecule has 0 atom stereocenters. The summed E-state index contributed by atoms with van der Waals surface area (Å²) in [6, 6.07) is 7.59. The number of nitrogens with two attached hydrogens (primary N) is 1. The molecular weight excluding hydrogens is 270 g/mol. The second-order valence-corrected chi connectivity index (χ2v) is 5.57. The SMILES string of the molecule is CCCCNC(=O)Cc1nc(-c2ccc(N)cc2)cs1. The van der Waals surface area contributed by atoms with Crippen LogP contribution in [0.4, 0.5) is 5.69 Å². The maximum atomic E-state index is 11.7. The first-order valence-electron chi connectivity index (χ1n) is 6.76. The van der Waals surface area contributed by atoms with E-state index >= 15 is 0 Å². The average Bonchev–Trinajstić information content (AvgIpc) is 2.88. The molecule has 0 radical (unpaired) electrons. The molecule has 0 aliphatic carbocycles. The predicted octanol–water partition coefficient (Wildman–Crippen LogP) is 2.85. The molecule has 1 heterocycles. The molecule has 5 heteroatoms. The Labute approximate surface area is 123 Å². The fraction of sp³-hybridized carbons (Fsp3) is 0.333. The van der Waals surface area contributed by atoms with Crippen LogP contribution in [-0.2, 0) is 11.2 Å². The quantitative estimate of drug-likeness (QED) is 0.634. The smallest absolute Gasteiger partial charge is 0.226 e. The Balaban J connectivity index is 1.95. The summed E-state index contributed by atoms with van der Waals surface area (Å²) in [6.45, 7) is 2.84. The van der Waals surface area contributed by atoms with Gasteiger partial charge in [-0.05, 0) is 18.6 Å². The summed E-state index contributed by atoms with van der Waals surface area (Å²) in [5, 5.41) is 5.71. The molecule has 0 aliphatic rings.